The summed E-state index contributed by atoms with van der Waals surface area (Å²) in [5, 5.41) is 5.33. The Morgan fingerprint density at radius 1 is 1.37 bits per heavy atom. The molecular formula is C17H22ClN5O4. The highest BCUT2D eigenvalue weighted by atomic mass is 35.5. The van der Waals surface area contributed by atoms with Gasteiger partial charge >= 0.3 is 0 Å². The van der Waals surface area contributed by atoms with Crippen LogP contribution in [0.2, 0.25) is 0 Å². The van der Waals surface area contributed by atoms with Crippen molar-refractivity contribution >= 4 is 35.1 Å². The maximum Gasteiger partial charge on any atom is 0.246 e. The van der Waals surface area contributed by atoms with Crippen LogP contribution in [0.3, 0.4) is 0 Å². The molecule has 10 heteroatoms. The zero-order chi connectivity index (χ0) is 19.4. The number of Topliss-reactive ketones (excluding diaryl/α,β-unsaturated/α-hetero) is 1. The van der Waals surface area contributed by atoms with Crippen molar-refractivity contribution in [2.24, 2.45) is 0 Å². The van der Waals surface area contributed by atoms with Gasteiger partial charge in [-0.3, -0.25) is 19.2 Å². The van der Waals surface area contributed by atoms with E-state index in [0.29, 0.717) is 31.5 Å². The first-order valence-electron chi connectivity index (χ1n) is 8.95. The Kier molecular flexibility index (Phi) is 6.10. The molecule has 0 radical (unpaired) electrons. The van der Waals surface area contributed by atoms with Gasteiger partial charge in [0, 0.05) is 31.3 Å². The summed E-state index contributed by atoms with van der Waals surface area (Å²) in [6.45, 7) is 0.446. The number of imidazole rings is 1. The minimum Gasteiger partial charge on any atom is -0.348 e. The molecule has 3 amide bonds. The highest BCUT2D eigenvalue weighted by Gasteiger charge is 2.38. The number of nitrogens with one attached hydrogen (secondary N) is 3. The third kappa shape index (κ3) is 4.47. The first kappa shape index (κ1) is 19.3. The molecule has 0 aliphatic carbocycles. The normalized spacial score (nSPS) is 23.1. The van der Waals surface area contributed by atoms with Crippen LogP contribution in [0.4, 0.5) is 0 Å². The molecule has 27 heavy (non-hydrogen) atoms. The molecule has 9 nitrogen and oxygen atoms in total. The van der Waals surface area contributed by atoms with E-state index in [4.69, 9.17) is 11.6 Å². The lowest BCUT2D eigenvalue weighted by atomic mass is 10.1. The van der Waals surface area contributed by atoms with E-state index in [9.17, 15) is 19.2 Å². The van der Waals surface area contributed by atoms with Gasteiger partial charge in [0.15, 0.2) is 5.78 Å². The van der Waals surface area contributed by atoms with Crippen molar-refractivity contribution in [3.05, 3.63) is 18.2 Å². The van der Waals surface area contributed by atoms with Gasteiger partial charge in [-0.1, -0.05) is 0 Å². The number of likely N-dealkylation sites (tertiary alicyclic amines) is 1. The van der Waals surface area contributed by atoms with Gasteiger partial charge < -0.3 is 20.5 Å². The number of nitrogens with zero attached hydrogens (tertiary/aromatic N) is 2. The highest BCUT2D eigenvalue weighted by Crippen LogP contribution is 2.20. The number of aromatic nitrogens is 2. The van der Waals surface area contributed by atoms with Crippen LogP contribution in [-0.2, 0) is 25.6 Å². The molecule has 146 valence electrons. The summed E-state index contributed by atoms with van der Waals surface area (Å²) in [6.07, 6.45) is 5.25. The van der Waals surface area contributed by atoms with E-state index in [1.54, 1.807) is 6.20 Å². The fraction of sp³-hybridized carbons (Fsp3) is 0.588. The number of aromatic amines is 1. The number of halogens is 1. The van der Waals surface area contributed by atoms with Crippen molar-refractivity contribution in [3.8, 4) is 0 Å². The van der Waals surface area contributed by atoms with Crippen LogP contribution in [0.5, 0.6) is 0 Å². The Morgan fingerprint density at radius 2 is 2.19 bits per heavy atom. The van der Waals surface area contributed by atoms with E-state index in [0.717, 1.165) is 0 Å². The van der Waals surface area contributed by atoms with Gasteiger partial charge in [-0.25, -0.2) is 4.98 Å². The van der Waals surface area contributed by atoms with Crippen LogP contribution in [0.1, 0.15) is 31.4 Å². The Bertz CT molecular complexity index is 723. The highest BCUT2D eigenvalue weighted by molar-refractivity contribution is 6.28. The molecule has 0 unspecified atom stereocenters. The van der Waals surface area contributed by atoms with Crippen LogP contribution in [0, 0.1) is 0 Å². The van der Waals surface area contributed by atoms with Crippen molar-refractivity contribution < 1.29 is 19.2 Å². The van der Waals surface area contributed by atoms with Gasteiger partial charge in [0.2, 0.25) is 17.7 Å². The lowest BCUT2D eigenvalue weighted by Crippen LogP contribution is -2.55. The van der Waals surface area contributed by atoms with E-state index >= 15 is 0 Å². The number of amides is 3. The molecule has 3 N–H and O–H groups in total. The van der Waals surface area contributed by atoms with Gasteiger partial charge in [0.05, 0.1) is 18.2 Å². The molecule has 1 aromatic rings. The first-order chi connectivity index (χ1) is 13.0. The topological polar surface area (TPSA) is 124 Å². The number of H-pyrrole nitrogens is 1. The number of carbonyl (C=O) groups excluding carboxylic acids is 4. The SMILES string of the molecule is O=C1CC[C@@H](C(=O)N[C@@H](Cc2cnc[nH]2)C(=O)N2CCC[C@H]2C(=O)CCl)N1. The van der Waals surface area contributed by atoms with Crippen LogP contribution in [-0.4, -0.2) is 68.9 Å². The molecule has 0 saturated carbocycles. The number of carbonyl (C=O) groups is 4. The Hall–Kier alpha value is -2.42. The van der Waals surface area contributed by atoms with Gasteiger partial charge in [0.25, 0.3) is 0 Å². The number of hydrogen-bond donors (Lipinski definition) is 3. The molecule has 1 aromatic heterocycles. The monoisotopic (exact) mass is 395 g/mol. The molecule has 3 atom stereocenters. The first-order valence-corrected chi connectivity index (χ1v) is 9.49. The van der Waals surface area contributed by atoms with Crippen LogP contribution < -0.4 is 10.6 Å². The molecule has 2 fully saturated rings. The van der Waals surface area contributed by atoms with Gasteiger partial charge in [-0.15, -0.1) is 11.6 Å². The minimum atomic E-state index is -0.862. The molecule has 2 aliphatic heterocycles. The van der Waals surface area contributed by atoms with E-state index in [1.807, 2.05) is 0 Å². The minimum absolute atomic E-state index is 0.153. The number of hydrogen-bond acceptors (Lipinski definition) is 5. The average Bonchev–Trinajstić information content (AvgIpc) is 3.41. The molecule has 0 bridgehead atoms. The Labute approximate surface area is 161 Å². The smallest absolute Gasteiger partial charge is 0.246 e. The average molecular weight is 396 g/mol. The van der Waals surface area contributed by atoms with Crippen molar-refractivity contribution in [1.82, 2.24) is 25.5 Å². The molecule has 2 saturated heterocycles. The molecule has 2 aliphatic rings. The largest absolute Gasteiger partial charge is 0.348 e. The quantitative estimate of drug-likeness (QED) is 0.537. The lowest BCUT2D eigenvalue weighted by Gasteiger charge is -2.28. The van der Waals surface area contributed by atoms with Crippen LogP contribution in [0.25, 0.3) is 0 Å². The third-order valence-electron chi connectivity index (χ3n) is 4.94. The summed E-state index contributed by atoms with van der Waals surface area (Å²) in [4.78, 5) is 57.4. The summed E-state index contributed by atoms with van der Waals surface area (Å²) in [6, 6.07) is -2.06. The summed E-state index contributed by atoms with van der Waals surface area (Å²) >= 11 is 5.67. The fourth-order valence-electron chi connectivity index (χ4n) is 3.55. The van der Waals surface area contributed by atoms with Gasteiger partial charge in [-0.05, 0) is 19.3 Å². The maximum absolute atomic E-state index is 13.1. The van der Waals surface area contributed by atoms with Gasteiger partial charge in [-0.2, -0.15) is 0 Å². The molecule has 3 rings (SSSR count). The number of alkyl halides is 1. The predicted octanol–water partition coefficient (Wildman–Crippen LogP) is -0.485. The predicted molar refractivity (Wildman–Crippen MR) is 95.8 cm³/mol. The third-order valence-corrected chi connectivity index (χ3v) is 5.21. The molecule has 0 spiro atoms. The zero-order valence-electron chi connectivity index (χ0n) is 14.7. The van der Waals surface area contributed by atoms with Crippen molar-refractivity contribution in [1.29, 1.82) is 0 Å². The second kappa shape index (κ2) is 8.51. The Morgan fingerprint density at radius 3 is 2.81 bits per heavy atom. The van der Waals surface area contributed by atoms with Crippen molar-refractivity contribution in [3.63, 3.8) is 0 Å². The molecule has 3 heterocycles. The summed E-state index contributed by atoms with van der Waals surface area (Å²) < 4.78 is 0. The van der Waals surface area contributed by atoms with Crippen molar-refractivity contribution in [2.45, 2.75) is 50.2 Å². The molecule has 0 aromatic carbocycles. The Balaban J connectivity index is 1.74. The van der Waals surface area contributed by atoms with E-state index < -0.39 is 24.0 Å². The van der Waals surface area contributed by atoms with Crippen LogP contribution >= 0.6 is 11.6 Å². The number of rotatable bonds is 7. The van der Waals surface area contributed by atoms with E-state index in [1.165, 1.54) is 11.2 Å². The summed E-state index contributed by atoms with van der Waals surface area (Å²) in [7, 11) is 0. The van der Waals surface area contributed by atoms with E-state index in [2.05, 4.69) is 20.6 Å². The second-order valence-corrected chi connectivity index (χ2v) is 7.06. The van der Waals surface area contributed by atoms with E-state index in [-0.39, 0.29) is 36.3 Å². The fourth-order valence-corrected chi connectivity index (χ4v) is 3.73. The second-order valence-electron chi connectivity index (χ2n) is 6.79. The van der Waals surface area contributed by atoms with Gasteiger partial charge in [0.1, 0.15) is 12.1 Å². The summed E-state index contributed by atoms with van der Waals surface area (Å²) in [5.41, 5.74) is 0.684. The maximum atomic E-state index is 13.1. The van der Waals surface area contributed by atoms with Crippen molar-refractivity contribution in [2.75, 3.05) is 12.4 Å². The number of ketones is 1. The van der Waals surface area contributed by atoms with Crippen LogP contribution in [0.15, 0.2) is 12.5 Å². The summed E-state index contributed by atoms with van der Waals surface area (Å²) in [5.74, 6) is -1.27. The lowest BCUT2D eigenvalue weighted by molar-refractivity contribution is -0.140. The molecular weight excluding hydrogens is 374 g/mol. The zero-order valence-corrected chi connectivity index (χ0v) is 15.5. The standard InChI is InChI=1S/C17H22ClN5O4/c18-7-14(24)13-2-1-5-23(13)17(27)12(6-10-8-19-9-20-10)22-16(26)11-3-4-15(25)21-11/h8-9,11-13H,1-7H2,(H,19,20)(H,21,25)(H,22,26)/t11-,12-,13-/m0/s1.